The molecule has 27 heavy (non-hydrogen) atoms. The number of nitrogens with one attached hydrogen (secondary N) is 1. The number of piperazine rings is 1. The minimum Gasteiger partial charge on any atom is -0.355 e. The summed E-state index contributed by atoms with van der Waals surface area (Å²) in [5.74, 6) is 0.723. The van der Waals surface area contributed by atoms with Gasteiger partial charge >= 0.3 is 0 Å². The molecule has 2 fully saturated rings. The minimum atomic E-state index is 0.162. The van der Waals surface area contributed by atoms with Crippen molar-refractivity contribution in [2.45, 2.75) is 45.1 Å². The molecule has 1 N–H and O–H groups in total. The molecule has 1 saturated carbocycles. The zero-order valence-corrected chi connectivity index (χ0v) is 17.2. The van der Waals surface area contributed by atoms with Gasteiger partial charge in [-0.3, -0.25) is 9.69 Å². The smallest absolute Gasteiger partial charge is 0.220 e. The van der Waals surface area contributed by atoms with E-state index in [0.717, 1.165) is 52.2 Å². The molecule has 1 aliphatic heterocycles. The Morgan fingerprint density at radius 1 is 1.04 bits per heavy atom. The van der Waals surface area contributed by atoms with Crippen molar-refractivity contribution in [2.75, 3.05) is 45.1 Å². The summed E-state index contributed by atoms with van der Waals surface area (Å²) in [4.78, 5) is 17.2. The number of nitrogens with zero attached hydrogens (tertiary/aromatic N) is 2. The van der Waals surface area contributed by atoms with Gasteiger partial charge in [-0.25, -0.2) is 0 Å². The van der Waals surface area contributed by atoms with E-state index in [-0.39, 0.29) is 11.3 Å². The van der Waals surface area contributed by atoms with Crippen LogP contribution >= 0.6 is 11.6 Å². The van der Waals surface area contributed by atoms with Crippen molar-refractivity contribution in [2.24, 2.45) is 5.41 Å². The number of alkyl halides is 1. The van der Waals surface area contributed by atoms with E-state index in [9.17, 15) is 4.79 Å². The average molecular weight is 392 g/mol. The molecule has 5 heteroatoms. The average Bonchev–Trinajstić information content (AvgIpc) is 3.16. The lowest BCUT2D eigenvalue weighted by atomic mass is 9.85. The van der Waals surface area contributed by atoms with Gasteiger partial charge in [0.25, 0.3) is 0 Å². The lowest BCUT2D eigenvalue weighted by Crippen LogP contribution is -2.51. The van der Waals surface area contributed by atoms with Crippen molar-refractivity contribution in [1.82, 2.24) is 15.1 Å². The second-order valence-electron chi connectivity index (χ2n) is 8.31. The number of carbonyl (C=O) groups is 1. The van der Waals surface area contributed by atoms with Gasteiger partial charge in [0, 0.05) is 63.5 Å². The third-order valence-corrected chi connectivity index (χ3v) is 6.40. The molecule has 0 spiro atoms. The van der Waals surface area contributed by atoms with Crippen molar-refractivity contribution in [3.05, 3.63) is 35.9 Å². The Kier molecular flexibility index (Phi) is 7.98. The van der Waals surface area contributed by atoms with Crippen LogP contribution in [-0.2, 0) is 11.3 Å². The predicted molar refractivity (Wildman–Crippen MR) is 112 cm³/mol. The van der Waals surface area contributed by atoms with E-state index in [2.05, 4.69) is 45.4 Å². The highest BCUT2D eigenvalue weighted by atomic mass is 35.5. The molecule has 1 aromatic carbocycles. The van der Waals surface area contributed by atoms with E-state index in [1.165, 1.54) is 31.2 Å². The fourth-order valence-corrected chi connectivity index (χ4v) is 4.67. The lowest BCUT2D eigenvalue weighted by molar-refractivity contribution is -0.121. The van der Waals surface area contributed by atoms with Gasteiger partial charge in [-0.15, -0.1) is 11.6 Å². The van der Waals surface area contributed by atoms with E-state index in [0.29, 0.717) is 12.3 Å². The summed E-state index contributed by atoms with van der Waals surface area (Å²) in [5, 5.41) is 3.20. The van der Waals surface area contributed by atoms with Crippen LogP contribution in [0.3, 0.4) is 0 Å². The first-order valence-electron chi connectivity index (χ1n) is 10.5. The maximum atomic E-state index is 12.0. The van der Waals surface area contributed by atoms with Crippen molar-refractivity contribution < 1.29 is 4.79 Å². The highest BCUT2D eigenvalue weighted by Crippen LogP contribution is 2.38. The summed E-state index contributed by atoms with van der Waals surface area (Å²) < 4.78 is 0. The first-order valence-corrected chi connectivity index (χ1v) is 11.0. The second-order valence-corrected chi connectivity index (χ2v) is 8.69. The number of benzene rings is 1. The van der Waals surface area contributed by atoms with Crippen LogP contribution in [0, 0.1) is 5.41 Å². The Morgan fingerprint density at radius 2 is 1.70 bits per heavy atom. The molecule has 0 unspecified atom stereocenters. The Labute approximate surface area is 169 Å². The van der Waals surface area contributed by atoms with Crippen LogP contribution in [0.1, 0.15) is 44.1 Å². The van der Waals surface area contributed by atoms with Gasteiger partial charge < -0.3 is 10.2 Å². The van der Waals surface area contributed by atoms with Crippen molar-refractivity contribution in [1.29, 1.82) is 0 Å². The summed E-state index contributed by atoms with van der Waals surface area (Å²) >= 11 is 5.70. The van der Waals surface area contributed by atoms with Crippen LogP contribution in [0.2, 0.25) is 0 Å². The van der Waals surface area contributed by atoms with E-state index in [4.69, 9.17) is 11.6 Å². The Bertz CT molecular complexity index is 566. The van der Waals surface area contributed by atoms with Gasteiger partial charge in [-0.2, -0.15) is 0 Å². The van der Waals surface area contributed by atoms with Crippen molar-refractivity contribution in [3.63, 3.8) is 0 Å². The summed E-state index contributed by atoms with van der Waals surface area (Å²) in [7, 11) is 0. The molecule has 150 valence electrons. The molecule has 0 aromatic heterocycles. The SMILES string of the molecule is O=C(CCCCl)NCC1(CN2CCN(Cc3ccccc3)CC2)CCCC1. The first-order chi connectivity index (χ1) is 13.2. The number of hydrogen-bond acceptors (Lipinski definition) is 3. The van der Waals surface area contributed by atoms with Gasteiger partial charge in [-0.1, -0.05) is 43.2 Å². The molecule has 0 radical (unpaired) electrons. The zero-order valence-electron chi connectivity index (χ0n) is 16.5. The molecule has 1 heterocycles. The van der Waals surface area contributed by atoms with Gasteiger partial charge in [0.1, 0.15) is 0 Å². The maximum absolute atomic E-state index is 12.0. The van der Waals surface area contributed by atoms with Gasteiger partial charge in [0.2, 0.25) is 5.91 Å². The highest BCUT2D eigenvalue weighted by Gasteiger charge is 2.36. The number of hydrogen-bond donors (Lipinski definition) is 1. The summed E-state index contributed by atoms with van der Waals surface area (Å²) in [6, 6.07) is 10.8. The second kappa shape index (κ2) is 10.4. The quantitative estimate of drug-likeness (QED) is 0.654. The van der Waals surface area contributed by atoms with Gasteiger partial charge in [0.15, 0.2) is 0 Å². The molecule has 3 rings (SSSR count). The van der Waals surface area contributed by atoms with Crippen molar-refractivity contribution >= 4 is 17.5 Å². The van der Waals surface area contributed by atoms with Crippen LogP contribution in [0.4, 0.5) is 0 Å². The molecule has 1 aromatic rings. The summed E-state index contributed by atoms with van der Waals surface area (Å²) in [5.41, 5.74) is 1.68. The monoisotopic (exact) mass is 391 g/mol. The Morgan fingerprint density at radius 3 is 2.37 bits per heavy atom. The minimum absolute atomic E-state index is 0.162. The Hall–Kier alpha value is -1.10. The predicted octanol–water partition coefficient (Wildman–Crippen LogP) is 3.50. The van der Waals surface area contributed by atoms with Crippen molar-refractivity contribution in [3.8, 4) is 0 Å². The van der Waals surface area contributed by atoms with Crippen LogP contribution < -0.4 is 5.32 Å². The Balaban J connectivity index is 1.44. The van der Waals surface area contributed by atoms with Crippen LogP contribution in [0.15, 0.2) is 30.3 Å². The molecular formula is C22H34ClN3O. The van der Waals surface area contributed by atoms with Crippen LogP contribution in [0.5, 0.6) is 0 Å². The summed E-state index contributed by atoms with van der Waals surface area (Å²) in [6.45, 7) is 7.54. The lowest BCUT2D eigenvalue weighted by Gasteiger charge is -2.40. The standard InChI is InChI=1S/C22H34ClN3O/c23-12-6-9-21(27)24-18-22(10-4-5-11-22)19-26-15-13-25(14-16-26)17-20-7-2-1-3-8-20/h1-3,7-8H,4-6,9-19H2,(H,24,27). The third kappa shape index (κ3) is 6.48. The first kappa shape index (κ1) is 20.6. The molecule has 1 aliphatic carbocycles. The van der Waals surface area contributed by atoms with E-state index >= 15 is 0 Å². The largest absolute Gasteiger partial charge is 0.355 e. The molecule has 1 amide bonds. The summed E-state index contributed by atoms with van der Waals surface area (Å²) in [6.07, 6.45) is 6.40. The van der Waals surface area contributed by atoms with E-state index in [1.54, 1.807) is 0 Å². The topological polar surface area (TPSA) is 35.6 Å². The maximum Gasteiger partial charge on any atom is 0.220 e. The van der Waals surface area contributed by atoms with Crippen LogP contribution in [0.25, 0.3) is 0 Å². The number of amides is 1. The highest BCUT2D eigenvalue weighted by molar-refractivity contribution is 6.17. The van der Waals surface area contributed by atoms with Gasteiger partial charge in [0.05, 0.1) is 0 Å². The van der Waals surface area contributed by atoms with Gasteiger partial charge in [-0.05, 0) is 24.8 Å². The number of carbonyl (C=O) groups excluding carboxylic acids is 1. The fraction of sp³-hybridized carbons (Fsp3) is 0.682. The van der Waals surface area contributed by atoms with E-state index in [1.807, 2.05) is 0 Å². The molecule has 0 bridgehead atoms. The molecule has 0 atom stereocenters. The number of halogens is 1. The molecular weight excluding hydrogens is 358 g/mol. The van der Waals surface area contributed by atoms with Crippen LogP contribution in [-0.4, -0.2) is 60.9 Å². The molecule has 1 saturated heterocycles. The fourth-order valence-electron chi connectivity index (χ4n) is 4.54. The molecule has 2 aliphatic rings. The third-order valence-electron chi connectivity index (χ3n) is 6.14. The zero-order chi connectivity index (χ0) is 19.0. The normalized spacial score (nSPS) is 20.6. The molecule has 4 nitrogen and oxygen atoms in total. The van der Waals surface area contributed by atoms with E-state index < -0.39 is 0 Å². The number of rotatable bonds is 9.